The number of amides is 1. The zero-order valence-corrected chi connectivity index (χ0v) is 11.2. The van der Waals surface area contributed by atoms with Gasteiger partial charge in [0.1, 0.15) is 0 Å². The molecule has 3 nitrogen and oxygen atoms in total. The molecule has 1 aliphatic carbocycles. The third kappa shape index (κ3) is 4.74. The maximum atomic E-state index is 11.3. The van der Waals surface area contributed by atoms with Gasteiger partial charge >= 0.3 is 0 Å². The van der Waals surface area contributed by atoms with Crippen LogP contribution in [0.2, 0.25) is 0 Å². The lowest BCUT2D eigenvalue weighted by atomic mass is 10.2. The lowest BCUT2D eigenvalue weighted by Crippen LogP contribution is -2.37. The van der Waals surface area contributed by atoms with Gasteiger partial charge < -0.3 is 10.6 Å². The second kappa shape index (κ2) is 7.96. The number of hydrogen-bond acceptors (Lipinski definition) is 3. The second-order valence-electron chi connectivity index (χ2n) is 4.19. The summed E-state index contributed by atoms with van der Waals surface area (Å²) in [4.78, 5) is 11.3. The van der Waals surface area contributed by atoms with Crippen molar-refractivity contribution in [2.75, 3.05) is 18.8 Å². The largest absolute Gasteiger partial charge is 0.356 e. The van der Waals surface area contributed by atoms with Crippen molar-refractivity contribution in [3.05, 3.63) is 0 Å². The molecule has 1 aliphatic rings. The molecule has 2 N–H and O–H groups in total. The van der Waals surface area contributed by atoms with E-state index in [-0.39, 0.29) is 5.91 Å². The summed E-state index contributed by atoms with van der Waals surface area (Å²) < 4.78 is 0. The minimum absolute atomic E-state index is 0.160. The first-order valence-electron chi connectivity index (χ1n) is 6.39. The van der Waals surface area contributed by atoms with Crippen molar-refractivity contribution < 1.29 is 4.79 Å². The zero-order valence-electron chi connectivity index (χ0n) is 10.4. The first-order chi connectivity index (χ1) is 7.77. The highest BCUT2D eigenvalue weighted by molar-refractivity contribution is 7.99. The van der Waals surface area contributed by atoms with Crippen LogP contribution < -0.4 is 10.6 Å². The van der Waals surface area contributed by atoms with Gasteiger partial charge in [-0.3, -0.25) is 4.79 Å². The quantitative estimate of drug-likeness (QED) is 0.717. The highest BCUT2D eigenvalue weighted by Gasteiger charge is 2.26. The number of carbonyl (C=O) groups excluding carboxylic acids is 1. The van der Waals surface area contributed by atoms with E-state index in [4.69, 9.17) is 0 Å². The highest BCUT2D eigenvalue weighted by atomic mass is 32.2. The van der Waals surface area contributed by atoms with Crippen molar-refractivity contribution in [1.82, 2.24) is 10.6 Å². The molecule has 1 fully saturated rings. The van der Waals surface area contributed by atoms with E-state index in [2.05, 4.69) is 29.3 Å². The Bertz CT molecular complexity index is 211. The summed E-state index contributed by atoms with van der Waals surface area (Å²) in [5.74, 6) is 1.35. The molecule has 0 spiro atoms. The van der Waals surface area contributed by atoms with Crippen molar-refractivity contribution in [3.63, 3.8) is 0 Å². The summed E-state index contributed by atoms with van der Waals surface area (Å²) in [6.45, 7) is 5.72. The molecule has 0 aromatic rings. The maximum absolute atomic E-state index is 11.3. The van der Waals surface area contributed by atoms with Gasteiger partial charge in [0.2, 0.25) is 5.91 Å². The van der Waals surface area contributed by atoms with Crippen LogP contribution in [0.3, 0.4) is 0 Å². The molecule has 0 aromatic heterocycles. The zero-order chi connectivity index (χ0) is 11.8. The molecule has 2 atom stereocenters. The summed E-state index contributed by atoms with van der Waals surface area (Å²) >= 11 is 2.05. The van der Waals surface area contributed by atoms with E-state index in [9.17, 15) is 4.79 Å². The molecule has 1 rings (SSSR count). The predicted molar refractivity (Wildman–Crippen MR) is 70.9 cm³/mol. The van der Waals surface area contributed by atoms with E-state index in [1.54, 1.807) is 0 Å². The Morgan fingerprint density at radius 3 is 2.88 bits per heavy atom. The van der Waals surface area contributed by atoms with Crippen LogP contribution in [-0.2, 0) is 4.79 Å². The molecule has 16 heavy (non-hydrogen) atoms. The van der Waals surface area contributed by atoms with Gasteiger partial charge in [-0.25, -0.2) is 0 Å². The van der Waals surface area contributed by atoms with E-state index < -0.39 is 0 Å². The summed E-state index contributed by atoms with van der Waals surface area (Å²) in [5, 5.41) is 7.11. The molecule has 0 aromatic carbocycles. The van der Waals surface area contributed by atoms with Gasteiger partial charge in [-0.05, 0) is 25.5 Å². The Hall–Kier alpha value is -0.220. The predicted octanol–water partition coefficient (Wildman–Crippen LogP) is 1.78. The summed E-state index contributed by atoms with van der Waals surface area (Å²) in [7, 11) is 0. The molecule has 4 heteroatoms. The van der Waals surface area contributed by atoms with Gasteiger partial charge in [0, 0.05) is 30.8 Å². The second-order valence-corrected chi connectivity index (χ2v) is 5.71. The minimum Gasteiger partial charge on any atom is -0.356 e. The van der Waals surface area contributed by atoms with Gasteiger partial charge in [-0.15, -0.1) is 0 Å². The molecular weight excluding hydrogens is 220 g/mol. The van der Waals surface area contributed by atoms with Crippen LogP contribution in [0.4, 0.5) is 0 Å². The topological polar surface area (TPSA) is 41.1 Å². The van der Waals surface area contributed by atoms with E-state index in [0.29, 0.717) is 12.5 Å². The lowest BCUT2D eigenvalue weighted by Gasteiger charge is -2.19. The molecule has 0 bridgehead atoms. The first-order valence-corrected chi connectivity index (χ1v) is 7.44. The van der Waals surface area contributed by atoms with Crippen LogP contribution in [0, 0.1) is 0 Å². The molecule has 1 amide bonds. The van der Waals surface area contributed by atoms with Crippen molar-refractivity contribution in [2.45, 2.75) is 50.8 Å². The third-order valence-corrected chi connectivity index (χ3v) is 4.29. The van der Waals surface area contributed by atoms with Crippen LogP contribution in [0.15, 0.2) is 0 Å². The Balaban J connectivity index is 2.14. The van der Waals surface area contributed by atoms with Gasteiger partial charge in [0.25, 0.3) is 0 Å². The van der Waals surface area contributed by atoms with Crippen molar-refractivity contribution in [3.8, 4) is 0 Å². The van der Waals surface area contributed by atoms with E-state index in [1.807, 2.05) is 6.92 Å². The monoisotopic (exact) mass is 244 g/mol. The average Bonchev–Trinajstić information content (AvgIpc) is 2.67. The molecule has 2 unspecified atom stereocenters. The van der Waals surface area contributed by atoms with Gasteiger partial charge in [0.05, 0.1) is 0 Å². The fourth-order valence-corrected chi connectivity index (χ4v) is 3.46. The van der Waals surface area contributed by atoms with Gasteiger partial charge in [0.15, 0.2) is 0 Å². The SMILES string of the molecule is CCNC(=O)CCNC1CCCC1SCC. The Morgan fingerprint density at radius 2 is 2.19 bits per heavy atom. The first kappa shape index (κ1) is 13.8. The van der Waals surface area contributed by atoms with Crippen LogP contribution in [0.25, 0.3) is 0 Å². The molecule has 0 radical (unpaired) electrons. The van der Waals surface area contributed by atoms with Crippen LogP contribution in [0.1, 0.15) is 39.5 Å². The van der Waals surface area contributed by atoms with E-state index >= 15 is 0 Å². The fraction of sp³-hybridized carbons (Fsp3) is 0.917. The number of carbonyl (C=O) groups is 1. The summed E-state index contributed by atoms with van der Waals surface area (Å²) in [6, 6.07) is 0.624. The molecule has 94 valence electrons. The average molecular weight is 244 g/mol. The molecule has 0 aliphatic heterocycles. The highest BCUT2D eigenvalue weighted by Crippen LogP contribution is 2.29. The molecule has 0 saturated heterocycles. The van der Waals surface area contributed by atoms with Gasteiger partial charge in [-0.2, -0.15) is 11.8 Å². The van der Waals surface area contributed by atoms with E-state index in [1.165, 1.54) is 25.0 Å². The standard InChI is InChI=1S/C12H24N2OS/c1-3-13-12(15)8-9-14-10-6-5-7-11(10)16-4-2/h10-11,14H,3-9H2,1-2H3,(H,13,15). The van der Waals surface area contributed by atoms with Gasteiger partial charge in [-0.1, -0.05) is 13.3 Å². The van der Waals surface area contributed by atoms with Crippen LogP contribution >= 0.6 is 11.8 Å². The summed E-state index contributed by atoms with van der Waals surface area (Å²) in [5.41, 5.74) is 0. The van der Waals surface area contributed by atoms with Crippen LogP contribution in [-0.4, -0.2) is 36.0 Å². The third-order valence-electron chi connectivity index (χ3n) is 2.97. The number of thioether (sulfide) groups is 1. The molecule has 0 heterocycles. The maximum Gasteiger partial charge on any atom is 0.221 e. The Labute approximate surface area is 103 Å². The molecule has 1 saturated carbocycles. The number of rotatable bonds is 7. The Morgan fingerprint density at radius 1 is 1.38 bits per heavy atom. The van der Waals surface area contributed by atoms with Crippen molar-refractivity contribution in [1.29, 1.82) is 0 Å². The molecular formula is C12H24N2OS. The van der Waals surface area contributed by atoms with E-state index in [0.717, 1.165) is 18.3 Å². The summed E-state index contributed by atoms with van der Waals surface area (Å²) in [6.07, 6.45) is 4.54. The van der Waals surface area contributed by atoms with Crippen molar-refractivity contribution >= 4 is 17.7 Å². The van der Waals surface area contributed by atoms with Crippen LogP contribution in [0.5, 0.6) is 0 Å². The van der Waals surface area contributed by atoms with Crippen molar-refractivity contribution in [2.24, 2.45) is 0 Å². The normalized spacial score (nSPS) is 24.6. The lowest BCUT2D eigenvalue weighted by molar-refractivity contribution is -0.120. The number of nitrogens with one attached hydrogen (secondary N) is 2. The number of hydrogen-bond donors (Lipinski definition) is 2. The smallest absolute Gasteiger partial charge is 0.221 e. The minimum atomic E-state index is 0.160. The Kier molecular flexibility index (Phi) is 6.88. The fourth-order valence-electron chi connectivity index (χ4n) is 2.23.